The lowest BCUT2D eigenvalue weighted by Crippen LogP contribution is -2.31. The summed E-state index contributed by atoms with van der Waals surface area (Å²) in [7, 11) is 0. The van der Waals surface area contributed by atoms with Gasteiger partial charge in [-0.05, 0) is 53.6 Å². The van der Waals surface area contributed by atoms with Gasteiger partial charge in [0.25, 0.3) is 11.8 Å². The van der Waals surface area contributed by atoms with Gasteiger partial charge in [0.15, 0.2) is 6.61 Å². The summed E-state index contributed by atoms with van der Waals surface area (Å²) in [5.74, 6) is -1.90. The maximum atomic E-state index is 13.2. The molecule has 2 aromatic carbocycles. The molecule has 32 heavy (non-hydrogen) atoms. The molecule has 0 N–H and O–H groups in total. The number of ether oxygens (including phenoxy) is 1. The van der Waals surface area contributed by atoms with Gasteiger partial charge in [0, 0.05) is 0 Å². The zero-order valence-corrected chi connectivity index (χ0v) is 18.5. The molecule has 0 bridgehead atoms. The van der Waals surface area contributed by atoms with Crippen LogP contribution in [0.25, 0.3) is 0 Å². The third-order valence-corrected chi connectivity index (χ3v) is 6.35. The van der Waals surface area contributed by atoms with Crippen LogP contribution in [-0.4, -0.2) is 30.2 Å². The van der Waals surface area contributed by atoms with Crippen LogP contribution in [0.15, 0.2) is 53.9 Å². The predicted octanol–water partition coefficient (Wildman–Crippen LogP) is 4.71. The Morgan fingerprint density at radius 2 is 1.59 bits per heavy atom. The lowest BCUT2D eigenvalue weighted by Gasteiger charge is -2.21. The lowest BCUT2D eigenvalue weighted by molar-refractivity contribution is 0.0475. The van der Waals surface area contributed by atoms with E-state index in [0.29, 0.717) is 23.4 Å². The average molecular weight is 448 g/mol. The molecule has 2 heterocycles. The number of Topliss-reactive ketones (excluding diaryl/α,β-unsaturated/α-hetero) is 1. The number of anilines is 1. The predicted molar refractivity (Wildman–Crippen MR) is 122 cm³/mol. The van der Waals surface area contributed by atoms with Gasteiger partial charge in [-0.1, -0.05) is 38.1 Å². The number of imide groups is 1. The monoisotopic (exact) mass is 447 g/mol. The number of ketones is 1. The van der Waals surface area contributed by atoms with Gasteiger partial charge < -0.3 is 4.74 Å². The minimum absolute atomic E-state index is 0.116. The smallest absolute Gasteiger partial charge is 0.338 e. The van der Waals surface area contributed by atoms with E-state index in [0.717, 1.165) is 11.1 Å². The van der Waals surface area contributed by atoms with E-state index in [1.807, 2.05) is 32.0 Å². The number of carbonyl (C=O) groups excluding carboxylic acids is 4. The Hall–Kier alpha value is -3.58. The van der Waals surface area contributed by atoms with Crippen molar-refractivity contribution in [3.63, 3.8) is 0 Å². The third-order valence-electron chi connectivity index (χ3n) is 5.44. The van der Waals surface area contributed by atoms with Crippen molar-refractivity contribution >= 4 is 40.6 Å². The van der Waals surface area contributed by atoms with E-state index in [-0.39, 0.29) is 29.1 Å². The second-order valence-corrected chi connectivity index (χ2v) is 8.26. The molecule has 0 fully saturated rings. The van der Waals surface area contributed by atoms with E-state index in [2.05, 4.69) is 0 Å². The van der Waals surface area contributed by atoms with Crippen LogP contribution >= 0.6 is 11.3 Å². The van der Waals surface area contributed by atoms with Crippen LogP contribution in [-0.2, 0) is 17.6 Å². The number of esters is 1. The van der Waals surface area contributed by atoms with E-state index >= 15 is 0 Å². The molecule has 0 atom stereocenters. The van der Waals surface area contributed by atoms with Gasteiger partial charge in [0.1, 0.15) is 0 Å². The largest absolute Gasteiger partial charge is 0.454 e. The topological polar surface area (TPSA) is 80.8 Å². The summed E-state index contributed by atoms with van der Waals surface area (Å²) in [5, 5.41) is 1.77. The maximum Gasteiger partial charge on any atom is 0.338 e. The molecule has 0 radical (unpaired) electrons. The molecule has 0 unspecified atom stereocenters. The molecule has 1 aliphatic heterocycles. The highest BCUT2D eigenvalue weighted by molar-refractivity contribution is 7.12. The first kappa shape index (κ1) is 21.6. The summed E-state index contributed by atoms with van der Waals surface area (Å²) in [6, 6.07) is 13.4. The maximum absolute atomic E-state index is 13.2. The number of hydrogen-bond donors (Lipinski definition) is 0. The molecule has 162 valence electrons. The molecule has 3 aromatic rings. The van der Waals surface area contributed by atoms with Crippen LogP contribution in [0.5, 0.6) is 0 Å². The quantitative estimate of drug-likeness (QED) is 0.298. The summed E-state index contributed by atoms with van der Waals surface area (Å²) < 4.78 is 5.13. The highest BCUT2D eigenvalue weighted by atomic mass is 32.1. The fourth-order valence-corrected chi connectivity index (χ4v) is 4.45. The second kappa shape index (κ2) is 8.88. The first-order chi connectivity index (χ1) is 15.5. The molecule has 0 aliphatic carbocycles. The van der Waals surface area contributed by atoms with E-state index in [4.69, 9.17) is 4.74 Å². The van der Waals surface area contributed by atoms with Crippen molar-refractivity contribution in [2.75, 3.05) is 11.5 Å². The van der Waals surface area contributed by atoms with Gasteiger partial charge in [-0.2, -0.15) is 0 Å². The van der Waals surface area contributed by atoms with Gasteiger partial charge in [0.2, 0.25) is 5.78 Å². The molecule has 4 rings (SSSR count). The zero-order valence-electron chi connectivity index (χ0n) is 17.7. The lowest BCUT2D eigenvalue weighted by atomic mass is 10.0. The van der Waals surface area contributed by atoms with Crippen molar-refractivity contribution in [2.45, 2.75) is 26.7 Å². The normalized spacial score (nSPS) is 12.8. The molecule has 0 spiro atoms. The Morgan fingerprint density at radius 1 is 0.906 bits per heavy atom. The minimum atomic E-state index is -0.723. The minimum Gasteiger partial charge on any atom is -0.454 e. The van der Waals surface area contributed by atoms with Crippen LogP contribution in [0, 0.1) is 0 Å². The van der Waals surface area contributed by atoms with Crippen molar-refractivity contribution in [3.05, 3.63) is 86.6 Å². The number of nitrogens with zero attached hydrogens (tertiary/aromatic N) is 1. The average Bonchev–Trinajstić information content (AvgIpc) is 3.44. The van der Waals surface area contributed by atoms with Crippen LogP contribution in [0.4, 0.5) is 5.69 Å². The Kier molecular flexibility index (Phi) is 6.01. The van der Waals surface area contributed by atoms with E-state index in [9.17, 15) is 19.2 Å². The molecule has 1 aromatic heterocycles. The van der Waals surface area contributed by atoms with Gasteiger partial charge >= 0.3 is 5.97 Å². The fourth-order valence-electron chi connectivity index (χ4n) is 3.80. The summed E-state index contributed by atoms with van der Waals surface area (Å²) >= 11 is 1.27. The number of thiophene rings is 1. The number of carbonyl (C=O) groups is 4. The van der Waals surface area contributed by atoms with Crippen LogP contribution in [0.1, 0.15) is 65.7 Å². The van der Waals surface area contributed by atoms with E-state index in [1.165, 1.54) is 34.4 Å². The Bertz CT molecular complexity index is 1210. The van der Waals surface area contributed by atoms with Crippen molar-refractivity contribution < 1.29 is 23.9 Å². The van der Waals surface area contributed by atoms with Crippen molar-refractivity contribution in [2.24, 2.45) is 0 Å². The molecule has 1 aliphatic rings. The van der Waals surface area contributed by atoms with E-state index < -0.39 is 17.8 Å². The van der Waals surface area contributed by atoms with Gasteiger partial charge in [-0.25, -0.2) is 9.69 Å². The number of benzene rings is 2. The van der Waals surface area contributed by atoms with Gasteiger partial charge in [-0.15, -0.1) is 11.3 Å². The number of para-hydroxylation sites is 1. The molecule has 7 heteroatoms. The SMILES string of the molecule is CCc1cccc(CC)c1N1C(=O)c2ccc(C(=O)OCC(=O)c3cccs3)cc2C1=O. The third kappa shape index (κ3) is 3.76. The highest BCUT2D eigenvalue weighted by Gasteiger charge is 2.39. The van der Waals surface area contributed by atoms with Crippen LogP contribution in [0.3, 0.4) is 0 Å². The Morgan fingerprint density at radius 3 is 2.22 bits per heavy atom. The highest BCUT2D eigenvalue weighted by Crippen LogP contribution is 2.34. The molecule has 6 nitrogen and oxygen atoms in total. The number of rotatable bonds is 7. The standard InChI is InChI=1S/C25H21NO5S/c1-3-15-7-5-8-16(4-2)22(15)26-23(28)18-11-10-17(13-19(18)24(26)29)25(30)31-14-20(27)21-9-6-12-32-21/h5-13H,3-4,14H2,1-2H3. The number of aryl methyl sites for hydroxylation is 2. The number of fused-ring (bicyclic) bond motifs is 1. The molecule has 2 amide bonds. The molecule has 0 saturated carbocycles. The second-order valence-electron chi connectivity index (χ2n) is 7.31. The van der Waals surface area contributed by atoms with Crippen molar-refractivity contribution in [3.8, 4) is 0 Å². The Balaban J connectivity index is 1.60. The van der Waals surface area contributed by atoms with Crippen LogP contribution < -0.4 is 4.90 Å². The zero-order chi connectivity index (χ0) is 22.8. The summed E-state index contributed by atoms with van der Waals surface area (Å²) in [4.78, 5) is 52.6. The summed E-state index contributed by atoms with van der Waals surface area (Å²) in [5.41, 5.74) is 2.95. The van der Waals surface area contributed by atoms with Crippen molar-refractivity contribution in [1.29, 1.82) is 0 Å². The fraction of sp³-hybridized carbons (Fsp3) is 0.200. The van der Waals surface area contributed by atoms with Crippen LogP contribution in [0.2, 0.25) is 0 Å². The number of hydrogen-bond acceptors (Lipinski definition) is 6. The first-order valence-corrected chi connectivity index (χ1v) is 11.2. The van der Waals surface area contributed by atoms with Gasteiger partial charge in [0.05, 0.1) is 27.3 Å². The van der Waals surface area contributed by atoms with Gasteiger partial charge in [-0.3, -0.25) is 14.4 Å². The van der Waals surface area contributed by atoms with E-state index in [1.54, 1.807) is 17.5 Å². The summed E-state index contributed by atoms with van der Waals surface area (Å²) in [6.07, 6.45) is 1.35. The molecular formula is C25H21NO5S. The first-order valence-electron chi connectivity index (χ1n) is 10.3. The summed E-state index contributed by atoms with van der Waals surface area (Å²) in [6.45, 7) is 3.56. The van der Waals surface area contributed by atoms with Crippen molar-refractivity contribution in [1.82, 2.24) is 0 Å². The Labute approximate surface area is 189 Å². The molecule has 0 saturated heterocycles. The number of amides is 2. The molecular weight excluding hydrogens is 426 g/mol.